The molecule has 108 valence electrons. The quantitative estimate of drug-likeness (QED) is 0.717. The second kappa shape index (κ2) is 4.75. The van der Waals surface area contributed by atoms with Gasteiger partial charge in [0.1, 0.15) is 27.6 Å². The molecule has 0 radical (unpaired) electrons. The van der Waals surface area contributed by atoms with Gasteiger partial charge in [-0.15, -0.1) is 0 Å². The maximum Gasteiger partial charge on any atom is 0.144 e. The Morgan fingerprint density at radius 3 is 2.65 bits per heavy atom. The molecule has 20 heavy (non-hydrogen) atoms. The summed E-state index contributed by atoms with van der Waals surface area (Å²) in [6, 6.07) is 5.93. The standard InChI is InChI=1S/C15H18BrNO2S/c1-14(2,3)20(18)17-13-11-8-10(16)4-5-12(11)19-9-15(13)6-7-15/h4-5,8H,6-7,9H2,1-3H3/b17-13-. The second-order valence-corrected chi connectivity index (χ2v) is 9.33. The summed E-state index contributed by atoms with van der Waals surface area (Å²) < 4.78 is 23.5. The van der Waals surface area contributed by atoms with Gasteiger partial charge in [-0.05, 0) is 51.8 Å². The molecule has 1 spiro atoms. The van der Waals surface area contributed by atoms with Crippen LogP contribution in [0.2, 0.25) is 0 Å². The van der Waals surface area contributed by atoms with Crippen LogP contribution in [0.5, 0.6) is 5.75 Å². The molecular formula is C15H18BrNO2S. The van der Waals surface area contributed by atoms with Crippen molar-refractivity contribution in [3.63, 3.8) is 0 Å². The minimum atomic E-state index is -1.24. The molecule has 1 aliphatic heterocycles. The zero-order chi connectivity index (χ0) is 14.5. The maximum atomic E-state index is 12.4. The third kappa shape index (κ3) is 2.51. The topological polar surface area (TPSA) is 44.7 Å². The van der Waals surface area contributed by atoms with E-state index in [-0.39, 0.29) is 10.2 Å². The average molecular weight is 356 g/mol. The van der Waals surface area contributed by atoms with E-state index >= 15 is 0 Å². The van der Waals surface area contributed by atoms with Crippen LogP contribution in [0.1, 0.15) is 39.2 Å². The summed E-state index contributed by atoms with van der Waals surface area (Å²) in [6.07, 6.45) is 2.14. The first-order valence-corrected chi connectivity index (χ1v) is 8.66. The molecule has 1 aromatic rings. The molecule has 1 saturated carbocycles. The lowest BCUT2D eigenvalue weighted by atomic mass is 9.92. The number of benzene rings is 1. The van der Waals surface area contributed by atoms with Crippen molar-refractivity contribution in [1.29, 1.82) is 0 Å². The molecule has 1 atom stereocenters. The van der Waals surface area contributed by atoms with Crippen molar-refractivity contribution in [2.75, 3.05) is 6.61 Å². The van der Waals surface area contributed by atoms with Gasteiger partial charge < -0.3 is 9.29 Å². The van der Waals surface area contributed by atoms with Crippen LogP contribution in [0.15, 0.2) is 27.1 Å². The van der Waals surface area contributed by atoms with E-state index in [1.54, 1.807) is 0 Å². The van der Waals surface area contributed by atoms with Crippen molar-refractivity contribution in [2.24, 2.45) is 9.81 Å². The van der Waals surface area contributed by atoms with Crippen molar-refractivity contribution in [3.8, 4) is 5.75 Å². The van der Waals surface area contributed by atoms with Gasteiger partial charge in [-0.1, -0.05) is 20.3 Å². The predicted octanol–water partition coefficient (Wildman–Crippen LogP) is 3.87. The fraction of sp³-hybridized carbons (Fsp3) is 0.533. The van der Waals surface area contributed by atoms with E-state index < -0.39 is 11.4 Å². The van der Waals surface area contributed by atoms with Crippen LogP contribution in [0.3, 0.4) is 0 Å². The highest BCUT2D eigenvalue weighted by atomic mass is 79.9. The SMILES string of the molecule is CC(C)(C)[S+]([O-])/N=C1/c2cc(Br)ccc2OCC12CC2. The Kier molecular flexibility index (Phi) is 3.42. The van der Waals surface area contributed by atoms with Gasteiger partial charge in [0, 0.05) is 10.0 Å². The van der Waals surface area contributed by atoms with Gasteiger partial charge in [-0.25, -0.2) is 0 Å². The summed E-state index contributed by atoms with van der Waals surface area (Å²) >= 11 is 2.26. The normalized spacial score (nSPS) is 23.4. The Labute approximate surface area is 131 Å². The van der Waals surface area contributed by atoms with Gasteiger partial charge >= 0.3 is 0 Å². The molecule has 0 N–H and O–H groups in total. The first-order valence-electron chi connectivity index (χ1n) is 6.76. The van der Waals surface area contributed by atoms with Crippen LogP contribution in [0, 0.1) is 5.41 Å². The average Bonchev–Trinajstić information content (AvgIpc) is 3.12. The Morgan fingerprint density at radius 2 is 2.05 bits per heavy atom. The fourth-order valence-electron chi connectivity index (χ4n) is 2.28. The molecule has 2 aliphatic rings. The fourth-order valence-corrected chi connectivity index (χ4v) is 3.37. The van der Waals surface area contributed by atoms with Gasteiger partial charge in [-0.3, -0.25) is 0 Å². The lowest BCUT2D eigenvalue weighted by Gasteiger charge is -2.28. The van der Waals surface area contributed by atoms with Crippen molar-refractivity contribution in [3.05, 3.63) is 28.2 Å². The second-order valence-electron chi connectivity index (χ2n) is 6.51. The van der Waals surface area contributed by atoms with Crippen LogP contribution < -0.4 is 4.74 Å². The van der Waals surface area contributed by atoms with Gasteiger partial charge in [0.05, 0.1) is 12.0 Å². The van der Waals surface area contributed by atoms with Gasteiger partial charge in [0.2, 0.25) is 0 Å². The molecule has 0 saturated heterocycles. The minimum Gasteiger partial charge on any atom is -0.591 e. The molecule has 5 heteroatoms. The molecule has 0 bridgehead atoms. The lowest BCUT2D eigenvalue weighted by Crippen LogP contribution is -2.34. The molecule has 0 amide bonds. The highest BCUT2D eigenvalue weighted by Crippen LogP contribution is 2.53. The first-order chi connectivity index (χ1) is 9.32. The molecule has 1 heterocycles. The Morgan fingerprint density at radius 1 is 1.35 bits per heavy atom. The van der Waals surface area contributed by atoms with Crippen molar-refractivity contribution >= 4 is 33.0 Å². The Hall–Kier alpha value is -0.520. The Balaban J connectivity index is 2.08. The molecule has 1 aliphatic carbocycles. The smallest absolute Gasteiger partial charge is 0.144 e. The minimum absolute atomic E-state index is 0.00525. The maximum absolute atomic E-state index is 12.4. The first kappa shape index (κ1) is 14.4. The van der Waals surface area contributed by atoms with Gasteiger partial charge in [-0.2, -0.15) is 0 Å². The third-order valence-electron chi connectivity index (χ3n) is 3.75. The number of hydrogen-bond acceptors (Lipinski definition) is 3. The molecule has 3 rings (SSSR count). The van der Waals surface area contributed by atoms with Crippen LogP contribution in [-0.2, 0) is 11.4 Å². The van der Waals surface area contributed by atoms with E-state index in [1.165, 1.54) is 0 Å². The van der Waals surface area contributed by atoms with E-state index in [2.05, 4.69) is 20.3 Å². The van der Waals surface area contributed by atoms with Crippen molar-refractivity contribution in [1.82, 2.24) is 0 Å². The highest BCUT2D eigenvalue weighted by molar-refractivity contribution is 9.10. The summed E-state index contributed by atoms with van der Waals surface area (Å²) in [5, 5.41) is 0. The molecule has 1 unspecified atom stereocenters. The summed E-state index contributed by atoms with van der Waals surface area (Å²) in [5.74, 6) is 0.843. The van der Waals surface area contributed by atoms with E-state index in [9.17, 15) is 4.55 Å². The molecule has 3 nitrogen and oxygen atoms in total. The summed E-state index contributed by atoms with van der Waals surface area (Å²) in [5.41, 5.74) is 1.95. The molecular weight excluding hydrogens is 338 g/mol. The number of hydrogen-bond donors (Lipinski definition) is 0. The number of fused-ring (bicyclic) bond motifs is 1. The molecule has 0 aromatic heterocycles. The third-order valence-corrected chi connectivity index (χ3v) is 5.64. The monoisotopic (exact) mass is 355 g/mol. The predicted molar refractivity (Wildman–Crippen MR) is 85.7 cm³/mol. The van der Waals surface area contributed by atoms with E-state index in [4.69, 9.17) is 4.74 Å². The summed E-state index contributed by atoms with van der Waals surface area (Å²) in [4.78, 5) is 0. The summed E-state index contributed by atoms with van der Waals surface area (Å²) in [6.45, 7) is 6.51. The van der Waals surface area contributed by atoms with Crippen LogP contribution in [0.4, 0.5) is 0 Å². The Bertz CT molecular complexity index is 576. The zero-order valence-electron chi connectivity index (χ0n) is 11.9. The number of halogens is 1. The van der Waals surface area contributed by atoms with Gasteiger partial charge in [0.25, 0.3) is 0 Å². The van der Waals surface area contributed by atoms with E-state index in [1.807, 2.05) is 39.0 Å². The lowest BCUT2D eigenvalue weighted by molar-refractivity contribution is 0.264. The van der Waals surface area contributed by atoms with Gasteiger partial charge in [0.15, 0.2) is 0 Å². The molecule has 1 fully saturated rings. The zero-order valence-corrected chi connectivity index (χ0v) is 14.3. The number of rotatable bonds is 1. The van der Waals surface area contributed by atoms with Crippen molar-refractivity contribution < 1.29 is 9.29 Å². The van der Waals surface area contributed by atoms with Crippen LogP contribution >= 0.6 is 15.9 Å². The largest absolute Gasteiger partial charge is 0.591 e. The number of ether oxygens (including phenoxy) is 1. The highest BCUT2D eigenvalue weighted by Gasteiger charge is 2.53. The summed E-state index contributed by atoms with van der Waals surface area (Å²) in [7, 11) is 0. The van der Waals surface area contributed by atoms with E-state index in [0.29, 0.717) is 6.61 Å². The number of nitrogens with zero attached hydrogens (tertiary/aromatic N) is 1. The van der Waals surface area contributed by atoms with Crippen LogP contribution in [0.25, 0.3) is 0 Å². The van der Waals surface area contributed by atoms with Crippen molar-refractivity contribution in [2.45, 2.75) is 38.4 Å². The van der Waals surface area contributed by atoms with E-state index in [0.717, 1.165) is 34.3 Å². The molecule has 1 aromatic carbocycles. The van der Waals surface area contributed by atoms with Crippen LogP contribution in [-0.4, -0.2) is 21.6 Å².